The van der Waals surface area contributed by atoms with Crippen molar-refractivity contribution < 1.29 is 0 Å². The summed E-state index contributed by atoms with van der Waals surface area (Å²) >= 11 is 0. The summed E-state index contributed by atoms with van der Waals surface area (Å²) in [4.78, 5) is 13.1. The van der Waals surface area contributed by atoms with Crippen LogP contribution in [0, 0.1) is 0 Å². The van der Waals surface area contributed by atoms with Gasteiger partial charge in [0.05, 0.1) is 22.4 Å². The van der Waals surface area contributed by atoms with E-state index in [0.717, 1.165) is 67.3 Å². The quantitative estimate of drug-likeness (QED) is 0.172. The van der Waals surface area contributed by atoms with Crippen molar-refractivity contribution >= 4 is 38.9 Å². The number of nitrogens with zero attached hydrogens (tertiary/aromatic N) is 3. The van der Waals surface area contributed by atoms with E-state index in [2.05, 4.69) is 187 Å². The highest BCUT2D eigenvalue weighted by Crippen LogP contribution is 2.41. The molecule has 0 spiro atoms. The van der Waals surface area contributed by atoms with E-state index < -0.39 is 0 Å². The first kappa shape index (κ1) is 30.2. The van der Waals surface area contributed by atoms with Gasteiger partial charge in [0, 0.05) is 28.2 Å². The second-order valence-electron chi connectivity index (χ2n) is 12.6. The zero-order chi connectivity index (χ0) is 34.0. The summed E-state index contributed by atoms with van der Waals surface area (Å²) in [5.41, 5.74) is 13.3. The van der Waals surface area contributed by atoms with E-state index in [1.165, 1.54) is 16.3 Å². The van der Waals surface area contributed by atoms with Gasteiger partial charge in [-0.05, 0) is 81.6 Å². The lowest BCUT2D eigenvalue weighted by Crippen LogP contribution is -2.09. The number of anilines is 3. The zero-order valence-corrected chi connectivity index (χ0v) is 27.9. The van der Waals surface area contributed by atoms with Crippen LogP contribution in [0.4, 0.5) is 17.1 Å². The molecule has 0 radical (unpaired) electrons. The predicted molar refractivity (Wildman–Crippen MR) is 213 cm³/mol. The normalized spacial score (nSPS) is 11.1. The molecule has 0 aliphatic rings. The Morgan fingerprint density at radius 1 is 0.314 bits per heavy atom. The second kappa shape index (κ2) is 13.2. The highest BCUT2D eigenvalue weighted by molar-refractivity contribution is 6.04. The van der Waals surface area contributed by atoms with Crippen LogP contribution >= 0.6 is 0 Å². The minimum atomic E-state index is 0.850. The summed E-state index contributed by atoms with van der Waals surface area (Å²) in [6.07, 6.45) is 0. The van der Waals surface area contributed by atoms with Crippen molar-refractivity contribution in [2.75, 3.05) is 4.90 Å². The fraction of sp³-hybridized carbons (Fsp3) is 0. The molecule has 0 atom stereocenters. The van der Waals surface area contributed by atoms with Crippen LogP contribution in [0.25, 0.3) is 66.6 Å². The molecular weight excluding hydrogens is 619 g/mol. The van der Waals surface area contributed by atoms with E-state index in [9.17, 15) is 0 Å². The van der Waals surface area contributed by atoms with Crippen molar-refractivity contribution in [2.24, 2.45) is 0 Å². The van der Waals surface area contributed by atoms with Crippen LogP contribution in [0.15, 0.2) is 200 Å². The third-order valence-electron chi connectivity index (χ3n) is 9.44. The van der Waals surface area contributed by atoms with Gasteiger partial charge >= 0.3 is 0 Å². The number of hydrogen-bond donors (Lipinski definition) is 0. The topological polar surface area (TPSA) is 29.0 Å². The summed E-state index contributed by atoms with van der Waals surface area (Å²) in [6.45, 7) is 0. The van der Waals surface area contributed by atoms with Crippen LogP contribution in [-0.4, -0.2) is 9.97 Å². The van der Waals surface area contributed by atoms with Crippen molar-refractivity contribution in [2.45, 2.75) is 0 Å². The lowest BCUT2D eigenvalue weighted by molar-refractivity contribution is 1.27. The Hall–Kier alpha value is -6.84. The zero-order valence-electron chi connectivity index (χ0n) is 27.9. The molecule has 240 valence electrons. The van der Waals surface area contributed by atoms with Gasteiger partial charge in [0.15, 0.2) is 0 Å². The van der Waals surface area contributed by atoms with Crippen LogP contribution in [0.5, 0.6) is 0 Å². The Morgan fingerprint density at radius 3 is 1.37 bits per heavy atom. The minimum Gasteiger partial charge on any atom is -0.311 e. The summed E-state index contributed by atoms with van der Waals surface area (Å²) < 4.78 is 0. The molecule has 3 heteroatoms. The molecule has 0 amide bonds. The number of benzene rings is 8. The molecule has 0 unspecified atom stereocenters. The molecule has 1 aromatic heterocycles. The number of hydrogen-bond acceptors (Lipinski definition) is 3. The molecule has 0 aliphatic heterocycles. The van der Waals surface area contributed by atoms with E-state index >= 15 is 0 Å². The second-order valence-corrected chi connectivity index (χ2v) is 12.6. The maximum atomic E-state index is 5.44. The van der Waals surface area contributed by atoms with E-state index in [-0.39, 0.29) is 0 Å². The molecule has 51 heavy (non-hydrogen) atoms. The van der Waals surface area contributed by atoms with E-state index in [0.29, 0.717) is 0 Å². The molecule has 0 bridgehead atoms. The standard InChI is InChI=1S/C48H33N3/c1-5-16-35(17-6-1)43-32-45-46(33-44(43)42-27-15-21-34-18-13-14-26-41(34)42)50-48(47(49-45)36-19-7-2-8-20-36)37-28-30-40(31-29-37)51(38-22-9-3-10-23-38)39-24-11-4-12-25-39/h1-33H. The monoisotopic (exact) mass is 651 g/mol. The van der Waals surface area contributed by atoms with Crippen molar-refractivity contribution in [3.63, 3.8) is 0 Å². The van der Waals surface area contributed by atoms with E-state index in [1.807, 2.05) is 18.2 Å². The summed E-state index contributed by atoms with van der Waals surface area (Å²) in [6, 6.07) is 70.2. The smallest absolute Gasteiger partial charge is 0.0973 e. The average Bonchev–Trinajstić information content (AvgIpc) is 3.21. The first-order valence-electron chi connectivity index (χ1n) is 17.3. The Bertz CT molecular complexity index is 2560. The first-order valence-corrected chi connectivity index (χ1v) is 17.3. The first-order chi connectivity index (χ1) is 25.3. The van der Waals surface area contributed by atoms with Crippen molar-refractivity contribution in [1.29, 1.82) is 0 Å². The summed E-state index contributed by atoms with van der Waals surface area (Å²) in [7, 11) is 0. The number of fused-ring (bicyclic) bond motifs is 2. The lowest BCUT2D eigenvalue weighted by Gasteiger charge is -2.25. The molecule has 1 heterocycles. The Balaban J connectivity index is 1.24. The number of rotatable bonds is 7. The van der Waals surface area contributed by atoms with Gasteiger partial charge in [0.2, 0.25) is 0 Å². The maximum Gasteiger partial charge on any atom is 0.0973 e. The fourth-order valence-electron chi connectivity index (χ4n) is 7.01. The number of para-hydroxylation sites is 2. The minimum absolute atomic E-state index is 0.850. The Morgan fingerprint density at radius 2 is 0.765 bits per heavy atom. The van der Waals surface area contributed by atoms with Crippen LogP contribution < -0.4 is 4.90 Å². The molecule has 3 nitrogen and oxygen atoms in total. The average molecular weight is 652 g/mol. The Labute approximate surface area is 297 Å². The summed E-state index contributed by atoms with van der Waals surface area (Å²) in [5.74, 6) is 0. The van der Waals surface area contributed by atoms with Crippen molar-refractivity contribution in [3.8, 4) is 44.8 Å². The van der Waals surface area contributed by atoms with Gasteiger partial charge in [-0.1, -0.05) is 152 Å². The fourth-order valence-corrected chi connectivity index (χ4v) is 7.01. The molecule has 0 N–H and O–H groups in total. The molecule has 0 fully saturated rings. The van der Waals surface area contributed by atoms with Crippen molar-refractivity contribution in [1.82, 2.24) is 9.97 Å². The van der Waals surface area contributed by atoms with E-state index in [1.54, 1.807) is 0 Å². The molecule has 0 saturated heterocycles. The molecule has 8 aromatic carbocycles. The third-order valence-corrected chi connectivity index (χ3v) is 9.44. The van der Waals surface area contributed by atoms with Crippen LogP contribution in [0.2, 0.25) is 0 Å². The number of aromatic nitrogens is 2. The van der Waals surface area contributed by atoms with Crippen LogP contribution in [-0.2, 0) is 0 Å². The maximum absolute atomic E-state index is 5.44. The van der Waals surface area contributed by atoms with Crippen LogP contribution in [0.3, 0.4) is 0 Å². The largest absolute Gasteiger partial charge is 0.311 e. The van der Waals surface area contributed by atoms with Crippen LogP contribution in [0.1, 0.15) is 0 Å². The predicted octanol–water partition coefficient (Wildman–Crippen LogP) is 12.9. The van der Waals surface area contributed by atoms with Gasteiger partial charge in [0.25, 0.3) is 0 Å². The van der Waals surface area contributed by atoms with Gasteiger partial charge in [-0.15, -0.1) is 0 Å². The molecule has 9 aromatic rings. The van der Waals surface area contributed by atoms with Crippen molar-refractivity contribution in [3.05, 3.63) is 200 Å². The molecular formula is C48H33N3. The van der Waals surface area contributed by atoms with Gasteiger partial charge < -0.3 is 4.90 Å². The third kappa shape index (κ3) is 5.81. The van der Waals surface area contributed by atoms with E-state index in [4.69, 9.17) is 9.97 Å². The summed E-state index contributed by atoms with van der Waals surface area (Å²) in [5, 5.41) is 2.42. The highest BCUT2D eigenvalue weighted by atomic mass is 15.1. The van der Waals surface area contributed by atoms with Gasteiger partial charge in [-0.3, -0.25) is 0 Å². The molecule has 0 aliphatic carbocycles. The molecule has 0 saturated carbocycles. The van der Waals surface area contributed by atoms with Gasteiger partial charge in [0.1, 0.15) is 0 Å². The van der Waals surface area contributed by atoms with Gasteiger partial charge in [-0.2, -0.15) is 0 Å². The van der Waals surface area contributed by atoms with Gasteiger partial charge in [-0.25, -0.2) is 9.97 Å². The molecule has 9 rings (SSSR count). The highest BCUT2D eigenvalue weighted by Gasteiger charge is 2.19. The SMILES string of the molecule is c1ccc(-c2cc3nc(-c4ccccc4)c(-c4ccc(N(c5ccccc5)c5ccccc5)cc4)nc3cc2-c2cccc3ccccc23)cc1. The Kier molecular flexibility index (Phi) is 7.84. The lowest BCUT2D eigenvalue weighted by atomic mass is 9.90.